The minimum absolute atomic E-state index is 0.527. The van der Waals surface area contributed by atoms with Crippen LogP contribution in [0.3, 0.4) is 0 Å². The van der Waals surface area contributed by atoms with Gasteiger partial charge in [0.2, 0.25) is 5.95 Å². The zero-order valence-electron chi connectivity index (χ0n) is 18.1. The maximum absolute atomic E-state index is 5.65. The van der Waals surface area contributed by atoms with Gasteiger partial charge in [-0.15, -0.1) is 0 Å². The summed E-state index contributed by atoms with van der Waals surface area (Å²) in [6, 6.07) is 24.7. The fourth-order valence-corrected chi connectivity index (χ4v) is 4.04. The van der Waals surface area contributed by atoms with Crippen LogP contribution in [-0.2, 0) is 17.7 Å². The van der Waals surface area contributed by atoms with Gasteiger partial charge in [0.15, 0.2) is 0 Å². The summed E-state index contributed by atoms with van der Waals surface area (Å²) in [4.78, 5) is 12.0. The van der Waals surface area contributed by atoms with Crippen LogP contribution in [0.15, 0.2) is 72.8 Å². The van der Waals surface area contributed by atoms with Crippen LogP contribution in [0, 0.1) is 0 Å². The van der Waals surface area contributed by atoms with E-state index in [1.165, 1.54) is 11.1 Å². The molecule has 1 aromatic heterocycles. The molecule has 0 spiro atoms. The van der Waals surface area contributed by atoms with E-state index in [9.17, 15) is 0 Å². The molecule has 5 rings (SSSR count). The Labute approximate surface area is 187 Å². The van der Waals surface area contributed by atoms with Gasteiger partial charge in [-0.25, -0.2) is 4.98 Å². The van der Waals surface area contributed by atoms with Crippen LogP contribution in [0.2, 0.25) is 0 Å². The van der Waals surface area contributed by atoms with Gasteiger partial charge in [-0.2, -0.15) is 4.98 Å². The number of aromatic nitrogens is 2. The van der Waals surface area contributed by atoms with Crippen molar-refractivity contribution in [1.82, 2.24) is 9.97 Å². The number of hydrogen-bond donors (Lipinski definition) is 1. The van der Waals surface area contributed by atoms with E-state index in [1.807, 2.05) is 42.5 Å². The van der Waals surface area contributed by atoms with Gasteiger partial charge in [0.25, 0.3) is 0 Å². The lowest BCUT2D eigenvalue weighted by molar-refractivity contribution is 0.146. The molecule has 32 heavy (non-hydrogen) atoms. The van der Waals surface area contributed by atoms with Gasteiger partial charge in [0.1, 0.15) is 18.2 Å². The van der Waals surface area contributed by atoms with Crippen molar-refractivity contribution in [2.75, 3.05) is 37.1 Å². The molecule has 0 unspecified atom stereocenters. The molecule has 6 nitrogen and oxygen atoms in total. The summed E-state index contributed by atoms with van der Waals surface area (Å²) in [5, 5.41) is 4.43. The number of anilines is 3. The van der Waals surface area contributed by atoms with Crippen LogP contribution in [0.4, 0.5) is 17.5 Å². The third kappa shape index (κ3) is 4.36. The fourth-order valence-electron chi connectivity index (χ4n) is 4.04. The minimum atomic E-state index is 0.527. The highest BCUT2D eigenvalue weighted by atomic mass is 16.5. The molecule has 6 heteroatoms. The van der Waals surface area contributed by atoms with Crippen molar-refractivity contribution in [3.63, 3.8) is 0 Å². The molecule has 0 fully saturated rings. The first-order valence-corrected chi connectivity index (χ1v) is 10.9. The summed E-state index contributed by atoms with van der Waals surface area (Å²) in [6.07, 6.45) is 1.02. The van der Waals surface area contributed by atoms with Gasteiger partial charge in [-0.3, -0.25) is 0 Å². The van der Waals surface area contributed by atoms with E-state index < -0.39 is 0 Å². The van der Waals surface area contributed by atoms with Crippen molar-refractivity contribution in [3.05, 3.63) is 83.9 Å². The Morgan fingerprint density at radius 1 is 0.875 bits per heavy atom. The maximum atomic E-state index is 5.65. The lowest BCUT2D eigenvalue weighted by atomic mass is 10.00. The van der Waals surface area contributed by atoms with Gasteiger partial charge in [0.05, 0.1) is 12.1 Å². The van der Waals surface area contributed by atoms with Crippen LogP contribution in [0.25, 0.3) is 10.9 Å². The summed E-state index contributed by atoms with van der Waals surface area (Å²) in [5.74, 6) is 2.36. The highest BCUT2D eigenvalue weighted by Gasteiger charge is 2.20. The minimum Gasteiger partial charge on any atom is -0.491 e. The monoisotopic (exact) mass is 426 g/mol. The molecule has 1 aliphatic rings. The van der Waals surface area contributed by atoms with Crippen LogP contribution >= 0.6 is 0 Å². The quantitative estimate of drug-likeness (QED) is 0.422. The summed E-state index contributed by atoms with van der Waals surface area (Å²) < 4.78 is 10.7. The lowest BCUT2D eigenvalue weighted by Gasteiger charge is -2.30. The first-order chi connectivity index (χ1) is 15.8. The van der Waals surface area contributed by atoms with Crippen molar-refractivity contribution in [1.29, 1.82) is 0 Å². The first kappa shape index (κ1) is 20.3. The van der Waals surface area contributed by atoms with Crippen LogP contribution in [-0.4, -0.2) is 36.8 Å². The second-order valence-electron chi connectivity index (χ2n) is 7.82. The number of nitrogens with one attached hydrogen (secondary N) is 1. The summed E-state index contributed by atoms with van der Waals surface area (Å²) in [6.45, 7) is 2.88. The molecule has 1 aliphatic heterocycles. The van der Waals surface area contributed by atoms with Crippen LogP contribution in [0.1, 0.15) is 11.1 Å². The lowest BCUT2D eigenvalue weighted by Crippen LogP contribution is -2.31. The smallest absolute Gasteiger partial charge is 0.229 e. The number of para-hydroxylation sites is 1. The maximum Gasteiger partial charge on any atom is 0.229 e. The molecule has 4 aromatic rings. The largest absolute Gasteiger partial charge is 0.491 e. The van der Waals surface area contributed by atoms with Crippen molar-refractivity contribution in [2.24, 2.45) is 0 Å². The summed E-state index contributed by atoms with van der Waals surface area (Å²) in [5.41, 5.74) is 4.63. The molecule has 0 saturated heterocycles. The predicted molar refractivity (Wildman–Crippen MR) is 128 cm³/mol. The van der Waals surface area contributed by atoms with Crippen molar-refractivity contribution in [2.45, 2.75) is 13.0 Å². The first-order valence-electron chi connectivity index (χ1n) is 10.9. The fraction of sp³-hybridized carbons (Fsp3) is 0.231. The predicted octanol–water partition coefficient (Wildman–Crippen LogP) is 4.96. The van der Waals surface area contributed by atoms with Gasteiger partial charge in [-0.05, 0) is 53.9 Å². The van der Waals surface area contributed by atoms with E-state index in [-0.39, 0.29) is 0 Å². The van der Waals surface area contributed by atoms with Crippen molar-refractivity contribution in [3.8, 4) is 5.75 Å². The SMILES string of the molecule is COCCOc1ccc(Nc2nc(N3CCc4ccccc4C3)c3ccccc3n2)cc1. The van der Waals surface area contributed by atoms with E-state index in [4.69, 9.17) is 19.4 Å². The molecule has 0 saturated carbocycles. The number of hydrogen-bond acceptors (Lipinski definition) is 6. The molecular formula is C26H26N4O2. The number of benzene rings is 3. The number of nitrogens with zero attached hydrogens (tertiary/aromatic N) is 3. The molecule has 162 valence electrons. The highest BCUT2D eigenvalue weighted by Crippen LogP contribution is 2.30. The molecule has 0 aliphatic carbocycles. The Hall–Kier alpha value is -3.64. The van der Waals surface area contributed by atoms with Gasteiger partial charge in [0, 0.05) is 31.3 Å². The molecule has 0 bridgehead atoms. The molecule has 3 aromatic carbocycles. The van der Waals surface area contributed by atoms with Crippen molar-refractivity contribution < 1.29 is 9.47 Å². The number of ether oxygens (including phenoxy) is 2. The Morgan fingerprint density at radius 3 is 2.50 bits per heavy atom. The normalized spacial score (nSPS) is 13.1. The van der Waals surface area contributed by atoms with E-state index in [0.29, 0.717) is 19.2 Å². The van der Waals surface area contributed by atoms with Crippen molar-refractivity contribution >= 4 is 28.4 Å². The average Bonchev–Trinajstić information content (AvgIpc) is 2.84. The Bertz CT molecular complexity index is 1210. The number of methoxy groups -OCH3 is 1. The molecule has 0 radical (unpaired) electrons. The molecular weight excluding hydrogens is 400 g/mol. The third-order valence-electron chi connectivity index (χ3n) is 5.68. The number of rotatable bonds is 7. The topological polar surface area (TPSA) is 59.5 Å². The highest BCUT2D eigenvalue weighted by molar-refractivity contribution is 5.91. The second kappa shape index (κ2) is 9.24. The van der Waals surface area contributed by atoms with Crippen LogP contribution < -0.4 is 15.0 Å². The average molecular weight is 427 g/mol. The Kier molecular flexibility index (Phi) is 5.85. The van der Waals surface area contributed by atoms with Crippen LogP contribution in [0.5, 0.6) is 5.75 Å². The molecule has 1 N–H and O–H groups in total. The third-order valence-corrected chi connectivity index (χ3v) is 5.68. The van der Waals surface area contributed by atoms with Gasteiger partial charge in [-0.1, -0.05) is 36.4 Å². The van der Waals surface area contributed by atoms with E-state index >= 15 is 0 Å². The zero-order chi connectivity index (χ0) is 21.8. The molecule has 0 amide bonds. The van der Waals surface area contributed by atoms with E-state index in [2.05, 4.69) is 40.5 Å². The number of fused-ring (bicyclic) bond motifs is 2. The van der Waals surface area contributed by atoms with E-state index in [0.717, 1.165) is 47.7 Å². The Balaban J connectivity index is 1.41. The standard InChI is InChI=1S/C26H26N4O2/c1-31-16-17-32-22-12-10-21(11-13-22)27-26-28-24-9-5-4-8-23(24)25(29-26)30-15-14-19-6-2-3-7-20(19)18-30/h2-13H,14-18H2,1H3,(H,27,28,29). The Morgan fingerprint density at radius 2 is 1.66 bits per heavy atom. The molecule has 0 atom stereocenters. The second-order valence-corrected chi connectivity index (χ2v) is 7.82. The van der Waals surface area contributed by atoms with Gasteiger partial charge < -0.3 is 19.7 Å². The molecule has 2 heterocycles. The zero-order valence-corrected chi connectivity index (χ0v) is 18.1. The summed E-state index contributed by atoms with van der Waals surface area (Å²) in [7, 11) is 1.66. The van der Waals surface area contributed by atoms with E-state index in [1.54, 1.807) is 7.11 Å². The summed E-state index contributed by atoms with van der Waals surface area (Å²) >= 11 is 0. The van der Waals surface area contributed by atoms with Gasteiger partial charge >= 0.3 is 0 Å².